The average Bonchev–Trinajstić information content (AvgIpc) is 2.46. The molecule has 1 aliphatic heterocycles. The molecule has 1 N–H and O–H groups in total. The summed E-state index contributed by atoms with van der Waals surface area (Å²) in [6, 6.07) is 6.61. The molecule has 2 heteroatoms. The Labute approximate surface area is 122 Å². The molecule has 0 atom stereocenters. The topological polar surface area (TPSA) is 21.3 Å². The van der Waals surface area contributed by atoms with Crippen LogP contribution in [-0.2, 0) is 13.0 Å². The number of ether oxygens (including phenoxy) is 1. The van der Waals surface area contributed by atoms with Crippen molar-refractivity contribution in [2.45, 2.75) is 52.5 Å². The maximum Gasteiger partial charge on any atom is 0.119 e. The standard InChI is InChI=1S/C18H27NO/c1-18(2)8-5-14(6-9-18)13-20-17-4-3-16-12-19-10-7-15(16)11-17/h3-4,11,14,19H,5-10,12-13H2,1-2H3. The highest BCUT2D eigenvalue weighted by Crippen LogP contribution is 2.38. The Morgan fingerprint density at radius 2 is 2.00 bits per heavy atom. The van der Waals surface area contributed by atoms with Crippen molar-refractivity contribution in [3.05, 3.63) is 29.3 Å². The summed E-state index contributed by atoms with van der Waals surface area (Å²) in [5.74, 6) is 1.82. The molecular formula is C18H27NO. The van der Waals surface area contributed by atoms with E-state index in [0.29, 0.717) is 5.41 Å². The third kappa shape index (κ3) is 3.35. The van der Waals surface area contributed by atoms with Gasteiger partial charge in [0.1, 0.15) is 5.75 Å². The fourth-order valence-corrected chi connectivity index (χ4v) is 3.38. The minimum atomic E-state index is 0.551. The monoisotopic (exact) mass is 273 g/mol. The zero-order valence-electron chi connectivity index (χ0n) is 12.9. The lowest BCUT2D eigenvalue weighted by molar-refractivity contribution is 0.142. The van der Waals surface area contributed by atoms with Crippen molar-refractivity contribution in [2.24, 2.45) is 11.3 Å². The molecule has 0 spiro atoms. The Morgan fingerprint density at radius 1 is 1.20 bits per heavy atom. The first-order valence-electron chi connectivity index (χ1n) is 8.08. The smallest absolute Gasteiger partial charge is 0.119 e. The molecule has 0 radical (unpaired) electrons. The largest absolute Gasteiger partial charge is 0.493 e. The van der Waals surface area contributed by atoms with Crippen LogP contribution in [0.5, 0.6) is 5.75 Å². The van der Waals surface area contributed by atoms with E-state index in [1.807, 2.05) is 0 Å². The van der Waals surface area contributed by atoms with E-state index in [1.54, 1.807) is 0 Å². The van der Waals surface area contributed by atoms with E-state index < -0.39 is 0 Å². The molecular weight excluding hydrogens is 246 g/mol. The fourth-order valence-electron chi connectivity index (χ4n) is 3.38. The molecule has 1 fully saturated rings. The van der Waals surface area contributed by atoms with Gasteiger partial charge in [-0.1, -0.05) is 19.9 Å². The zero-order valence-corrected chi connectivity index (χ0v) is 12.9. The molecule has 1 saturated carbocycles. The molecule has 0 unspecified atom stereocenters. The van der Waals surface area contributed by atoms with Crippen molar-refractivity contribution < 1.29 is 4.74 Å². The van der Waals surface area contributed by atoms with E-state index in [0.717, 1.165) is 37.8 Å². The molecule has 1 heterocycles. The van der Waals surface area contributed by atoms with Gasteiger partial charge in [-0.25, -0.2) is 0 Å². The van der Waals surface area contributed by atoms with Crippen molar-refractivity contribution in [2.75, 3.05) is 13.2 Å². The van der Waals surface area contributed by atoms with Gasteiger partial charge < -0.3 is 10.1 Å². The molecule has 0 amide bonds. The van der Waals surface area contributed by atoms with Crippen molar-refractivity contribution >= 4 is 0 Å². The molecule has 1 aromatic carbocycles. The first kappa shape index (κ1) is 13.9. The highest BCUT2D eigenvalue weighted by Gasteiger charge is 2.27. The highest BCUT2D eigenvalue weighted by molar-refractivity contribution is 5.37. The molecule has 0 saturated heterocycles. The first-order chi connectivity index (χ1) is 9.62. The number of hydrogen-bond acceptors (Lipinski definition) is 2. The molecule has 2 aliphatic rings. The summed E-state index contributed by atoms with van der Waals surface area (Å²) in [6.45, 7) is 7.78. The zero-order chi connectivity index (χ0) is 14.0. The lowest BCUT2D eigenvalue weighted by Crippen LogP contribution is -2.25. The van der Waals surface area contributed by atoms with Gasteiger partial charge in [0.05, 0.1) is 6.61 Å². The van der Waals surface area contributed by atoms with Crippen molar-refractivity contribution in [3.8, 4) is 5.75 Å². The van der Waals surface area contributed by atoms with Crippen LogP contribution in [0.4, 0.5) is 0 Å². The summed E-state index contributed by atoms with van der Waals surface area (Å²) in [7, 11) is 0. The van der Waals surface area contributed by atoms with E-state index in [9.17, 15) is 0 Å². The number of benzene rings is 1. The van der Waals surface area contributed by atoms with Crippen molar-refractivity contribution in [1.82, 2.24) is 5.32 Å². The van der Waals surface area contributed by atoms with Crippen LogP contribution in [0.1, 0.15) is 50.7 Å². The minimum absolute atomic E-state index is 0.551. The van der Waals surface area contributed by atoms with Gasteiger partial charge in [0.2, 0.25) is 0 Å². The molecule has 1 aliphatic carbocycles. The SMILES string of the molecule is CC1(C)CCC(COc2ccc3c(c2)CCNC3)CC1. The highest BCUT2D eigenvalue weighted by atomic mass is 16.5. The van der Waals surface area contributed by atoms with Crippen LogP contribution in [0.3, 0.4) is 0 Å². The molecule has 110 valence electrons. The van der Waals surface area contributed by atoms with E-state index >= 15 is 0 Å². The third-order valence-electron chi connectivity index (χ3n) is 5.01. The predicted octanol–water partition coefficient (Wildman–Crippen LogP) is 3.93. The van der Waals surface area contributed by atoms with Gasteiger partial charge in [0.15, 0.2) is 0 Å². The normalized spacial score (nSPS) is 22.3. The Morgan fingerprint density at radius 3 is 2.80 bits per heavy atom. The second-order valence-electron chi connectivity index (χ2n) is 7.28. The van der Waals surface area contributed by atoms with Gasteiger partial charge in [-0.05, 0) is 73.2 Å². The number of fused-ring (bicyclic) bond motifs is 1. The predicted molar refractivity (Wildman–Crippen MR) is 83.1 cm³/mol. The maximum absolute atomic E-state index is 6.06. The van der Waals surface area contributed by atoms with Crippen LogP contribution in [-0.4, -0.2) is 13.2 Å². The van der Waals surface area contributed by atoms with Crippen LogP contribution in [0.2, 0.25) is 0 Å². The molecule has 1 aromatic rings. The first-order valence-corrected chi connectivity index (χ1v) is 8.08. The lowest BCUT2D eigenvalue weighted by atomic mass is 9.73. The third-order valence-corrected chi connectivity index (χ3v) is 5.01. The van der Waals surface area contributed by atoms with Crippen LogP contribution in [0.15, 0.2) is 18.2 Å². The van der Waals surface area contributed by atoms with Gasteiger partial charge in [-0.3, -0.25) is 0 Å². The van der Waals surface area contributed by atoms with Crippen LogP contribution in [0.25, 0.3) is 0 Å². The van der Waals surface area contributed by atoms with Gasteiger partial charge in [-0.2, -0.15) is 0 Å². The van der Waals surface area contributed by atoms with Crippen molar-refractivity contribution in [1.29, 1.82) is 0 Å². The maximum atomic E-state index is 6.06. The van der Waals surface area contributed by atoms with Crippen LogP contribution >= 0.6 is 0 Å². The fraction of sp³-hybridized carbons (Fsp3) is 0.667. The quantitative estimate of drug-likeness (QED) is 0.901. The number of hydrogen-bond donors (Lipinski definition) is 1. The average molecular weight is 273 g/mol. The van der Waals surface area contributed by atoms with Gasteiger partial charge in [-0.15, -0.1) is 0 Å². The number of rotatable bonds is 3. The van der Waals surface area contributed by atoms with Gasteiger partial charge in [0, 0.05) is 6.54 Å². The summed E-state index contributed by atoms with van der Waals surface area (Å²) in [4.78, 5) is 0. The Bertz CT molecular complexity index is 456. The van der Waals surface area contributed by atoms with Crippen molar-refractivity contribution in [3.63, 3.8) is 0 Å². The van der Waals surface area contributed by atoms with Gasteiger partial charge >= 0.3 is 0 Å². The number of nitrogens with one attached hydrogen (secondary N) is 1. The Kier molecular flexibility index (Phi) is 4.02. The molecule has 0 aromatic heterocycles. The second kappa shape index (κ2) is 5.77. The summed E-state index contributed by atoms with van der Waals surface area (Å²) < 4.78 is 6.06. The van der Waals surface area contributed by atoms with Crippen LogP contribution in [0, 0.1) is 11.3 Å². The van der Waals surface area contributed by atoms with E-state index in [1.165, 1.54) is 36.8 Å². The van der Waals surface area contributed by atoms with Crippen LogP contribution < -0.4 is 10.1 Å². The Hall–Kier alpha value is -1.02. The lowest BCUT2D eigenvalue weighted by Gasteiger charge is -2.34. The van der Waals surface area contributed by atoms with Gasteiger partial charge in [0.25, 0.3) is 0 Å². The molecule has 0 bridgehead atoms. The van der Waals surface area contributed by atoms with E-state index in [4.69, 9.17) is 4.74 Å². The second-order valence-corrected chi connectivity index (χ2v) is 7.28. The Balaban J connectivity index is 1.54. The summed E-state index contributed by atoms with van der Waals surface area (Å²) in [5, 5.41) is 3.41. The molecule has 2 nitrogen and oxygen atoms in total. The summed E-state index contributed by atoms with van der Waals surface area (Å²) in [6.07, 6.45) is 6.46. The van der Waals surface area contributed by atoms with E-state index in [2.05, 4.69) is 37.4 Å². The molecule has 3 rings (SSSR count). The molecule has 20 heavy (non-hydrogen) atoms. The summed E-state index contributed by atoms with van der Waals surface area (Å²) >= 11 is 0. The minimum Gasteiger partial charge on any atom is -0.493 e. The van der Waals surface area contributed by atoms with E-state index in [-0.39, 0.29) is 0 Å². The summed E-state index contributed by atoms with van der Waals surface area (Å²) in [5.41, 5.74) is 3.45.